The van der Waals surface area contributed by atoms with Gasteiger partial charge >= 0.3 is 0 Å². The highest BCUT2D eigenvalue weighted by atomic mass is 16.5. The first-order valence-corrected chi connectivity index (χ1v) is 5.82. The lowest BCUT2D eigenvalue weighted by Gasteiger charge is -2.09. The monoisotopic (exact) mass is 236 g/mol. The summed E-state index contributed by atoms with van der Waals surface area (Å²) in [6, 6.07) is 5.88. The van der Waals surface area contributed by atoms with Crippen LogP contribution in [-0.2, 0) is 4.79 Å². The molecule has 0 aliphatic heterocycles. The van der Waals surface area contributed by atoms with Gasteiger partial charge in [0.25, 0.3) is 0 Å². The number of benzene rings is 1. The Hall–Kier alpha value is -1.71. The van der Waals surface area contributed by atoms with Crippen LogP contribution in [0.2, 0.25) is 0 Å². The molecule has 0 unspecified atom stereocenters. The van der Waals surface area contributed by atoms with Crippen LogP contribution in [0.25, 0.3) is 0 Å². The molecular formula is C13H20N2O2. The quantitative estimate of drug-likeness (QED) is 0.793. The van der Waals surface area contributed by atoms with E-state index in [2.05, 4.69) is 10.6 Å². The lowest BCUT2D eigenvalue weighted by atomic mass is 10.2. The molecule has 0 aliphatic carbocycles. The molecule has 4 heteroatoms. The van der Waals surface area contributed by atoms with Crippen LogP contribution in [0, 0.1) is 6.92 Å². The van der Waals surface area contributed by atoms with Crippen LogP contribution in [0.3, 0.4) is 0 Å². The number of rotatable bonds is 6. The molecule has 1 aromatic carbocycles. The molecule has 0 heterocycles. The van der Waals surface area contributed by atoms with Gasteiger partial charge in [-0.15, -0.1) is 0 Å². The molecule has 0 spiro atoms. The number of nitrogens with one attached hydrogen (secondary N) is 2. The third-order valence-corrected chi connectivity index (χ3v) is 2.45. The van der Waals surface area contributed by atoms with Gasteiger partial charge in [-0.3, -0.25) is 4.79 Å². The van der Waals surface area contributed by atoms with Crippen molar-refractivity contribution in [2.75, 3.05) is 25.5 Å². The number of anilines is 1. The molecule has 0 atom stereocenters. The van der Waals surface area contributed by atoms with E-state index in [1.807, 2.05) is 32.0 Å². The molecular weight excluding hydrogens is 216 g/mol. The zero-order chi connectivity index (χ0) is 12.7. The summed E-state index contributed by atoms with van der Waals surface area (Å²) in [5.41, 5.74) is 2.09. The Kier molecular flexibility index (Phi) is 5.33. The number of carbonyl (C=O) groups excluding carboxylic acids is 1. The van der Waals surface area contributed by atoms with Gasteiger partial charge in [0.05, 0.1) is 7.11 Å². The summed E-state index contributed by atoms with van der Waals surface area (Å²) >= 11 is 0. The average Bonchev–Trinajstić information content (AvgIpc) is 2.29. The number of ether oxygens (including phenoxy) is 1. The largest absolute Gasteiger partial charge is 0.496 e. The van der Waals surface area contributed by atoms with E-state index in [-0.39, 0.29) is 5.91 Å². The van der Waals surface area contributed by atoms with Crippen molar-refractivity contribution < 1.29 is 9.53 Å². The molecule has 0 fully saturated rings. The average molecular weight is 236 g/mol. The maximum atomic E-state index is 11.2. The third-order valence-electron chi connectivity index (χ3n) is 2.45. The molecule has 0 radical (unpaired) electrons. The number of aryl methyl sites for hydroxylation is 1. The van der Waals surface area contributed by atoms with Crippen LogP contribution in [0.15, 0.2) is 18.2 Å². The fraction of sp³-hybridized carbons (Fsp3) is 0.462. The summed E-state index contributed by atoms with van der Waals surface area (Å²) in [4.78, 5) is 11.2. The SMILES string of the molecule is CCNC(=O)CCNc1ccc(OC)c(C)c1. The summed E-state index contributed by atoms with van der Waals surface area (Å²) in [6.07, 6.45) is 0.485. The minimum atomic E-state index is 0.0743. The number of hydrogen-bond donors (Lipinski definition) is 2. The van der Waals surface area contributed by atoms with E-state index in [1.54, 1.807) is 7.11 Å². The first kappa shape index (κ1) is 13.4. The van der Waals surface area contributed by atoms with Gasteiger partial charge in [-0.05, 0) is 37.6 Å². The van der Waals surface area contributed by atoms with Crippen molar-refractivity contribution in [1.29, 1.82) is 0 Å². The number of amides is 1. The van der Waals surface area contributed by atoms with Gasteiger partial charge in [-0.25, -0.2) is 0 Å². The van der Waals surface area contributed by atoms with Gasteiger partial charge in [0.15, 0.2) is 0 Å². The zero-order valence-electron chi connectivity index (χ0n) is 10.7. The normalized spacial score (nSPS) is 9.82. The Labute approximate surface area is 102 Å². The maximum absolute atomic E-state index is 11.2. The van der Waals surface area contributed by atoms with Crippen LogP contribution >= 0.6 is 0 Å². The highest BCUT2D eigenvalue weighted by Gasteiger charge is 2.01. The molecule has 0 saturated carbocycles. The topological polar surface area (TPSA) is 50.4 Å². The Bertz CT molecular complexity index is 378. The molecule has 0 saturated heterocycles. The molecule has 0 aromatic heterocycles. The van der Waals surface area contributed by atoms with Crippen molar-refractivity contribution in [1.82, 2.24) is 5.32 Å². The van der Waals surface area contributed by atoms with E-state index in [0.29, 0.717) is 19.5 Å². The molecule has 17 heavy (non-hydrogen) atoms. The Balaban J connectivity index is 2.42. The predicted octanol–water partition coefficient (Wildman–Crippen LogP) is 1.94. The van der Waals surface area contributed by atoms with Crippen molar-refractivity contribution in [3.8, 4) is 5.75 Å². The summed E-state index contributed by atoms with van der Waals surface area (Å²) in [7, 11) is 1.66. The summed E-state index contributed by atoms with van der Waals surface area (Å²) < 4.78 is 5.18. The minimum Gasteiger partial charge on any atom is -0.496 e. The molecule has 94 valence electrons. The van der Waals surface area contributed by atoms with Crippen LogP contribution in [0.4, 0.5) is 5.69 Å². The molecule has 4 nitrogen and oxygen atoms in total. The first-order valence-electron chi connectivity index (χ1n) is 5.82. The maximum Gasteiger partial charge on any atom is 0.221 e. The number of hydrogen-bond acceptors (Lipinski definition) is 3. The lowest BCUT2D eigenvalue weighted by Crippen LogP contribution is -2.24. The van der Waals surface area contributed by atoms with Crippen LogP contribution < -0.4 is 15.4 Å². The second kappa shape index (κ2) is 6.78. The van der Waals surface area contributed by atoms with Crippen LogP contribution in [0.5, 0.6) is 5.75 Å². The molecule has 0 aliphatic rings. The molecule has 1 amide bonds. The van der Waals surface area contributed by atoms with Gasteiger partial charge in [0, 0.05) is 25.2 Å². The summed E-state index contributed by atoms with van der Waals surface area (Å²) in [6.45, 7) is 5.23. The molecule has 0 bridgehead atoms. The Morgan fingerprint density at radius 3 is 2.76 bits per heavy atom. The van der Waals surface area contributed by atoms with Gasteiger partial charge in [-0.1, -0.05) is 0 Å². The fourth-order valence-electron chi connectivity index (χ4n) is 1.59. The van der Waals surface area contributed by atoms with E-state index in [9.17, 15) is 4.79 Å². The molecule has 1 aromatic rings. The Morgan fingerprint density at radius 1 is 1.41 bits per heavy atom. The van der Waals surface area contributed by atoms with Crippen molar-refractivity contribution in [3.63, 3.8) is 0 Å². The van der Waals surface area contributed by atoms with E-state index < -0.39 is 0 Å². The van der Waals surface area contributed by atoms with Crippen molar-refractivity contribution >= 4 is 11.6 Å². The highest BCUT2D eigenvalue weighted by Crippen LogP contribution is 2.21. The minimum absolute atomic E-state index is 0.0743. The van der Waals surface area contributed by atoms with E-state index in [0.717, 1.165) is 17.0 Å². The van der Waals surface area contributed by atoms with E-state index in [4.69, 9.17) is 4.74 Å². The standard InChI is InChI=1S/C13H20N2O2/c1-4-14-13(16)7-8-15-11-5-6-12(17-3)10(2)9-11/h5-6,9,15H,4,7-8H2,1-3H3,(H,14,16). The van der Waals surface area contributed by atoms with Gasteiger partial charge in [-0.2, -0.15) is 0 Å². The fourth-order valence-corrected chi connectivity index (χ4v) is 1.59. The second-order valence-electron chi connectivity index (χ2n) is 3.81. The van der Waals surface area contributed by atoms with Gasteiger partial charge in [0.1, 0.15) is 5.75 Å². The van der Waals surface area contributed by atoms with Crippen molar-refractivity contribution in [2.45, 2.75) is 20.3 Å². The van der Waals surface area contributed by atoms with Crippen LogP contribution in [0.1, 0.15) is 18.9 Å². The smallest absolute Gasteiger partial charge is 0.221 e. The van der Waals surface area contributed by atoms with Crippen molar-refractivity contribution in [3.05, 3.63) is 23.8 Å². The number of methoxy groups -OCH3 is 1. The summed E-state index contributed by atoms with van der Waals surface area (Å²) in [5.74, 6) is 0.949. The zero-order valence-corrected chi connectivity index (χ0v) is 10.7. The van der Waals surface area contributed by atoms with E-state index >= 15 is 0 Å². The third kappa shape index (κ3) is 4.34. The predicted molar refractivity (Wildman–Crippen MR) is 69.5 cm³/mol. The second-order valence-corrected chi connectivity index (χ2v) is 3.81. The highest BCUT2D eigenvalue weighted by molar-refractivity contribution is 5.76. The van der Waals surface area contributed by atoms with Gasteiger partial charge < -0.3 is 15.4 Å². The first-order chi connectivity index (χ1) is 8.17. The lowest BCUT2D eigenvalue weighted by molar-refractivity contribution is -0.120. The van der Waals surface area contributed by atoms with Crippen molar-refractivity contribution in [2.24, 2.45) is 0 Å². The number of carbonyl (C=O) groups is 1. The Morgan fingerprint density at radius 2 is 2.18 bits per heavy atom. The molecule has 1 rings (SSSR count). The van der Waals surface area contributed by atoms with Crippen LogP contribution in [-0.4, -0.2) is 26.1 Å². The molecule has 2 N–H and O–H groups in total. The van der Waals surface area contributed by atoms with Gasteiger partial charge in [0.2, 0.25) is 5.91 Å². The summed E-state index contributed by atoms with van der Waals surface area (Å²) in [5, 5.41) is 5.97. The van der Waals surface area contributed by atoms with E-state index in [1.165, 1.54) is 0 Å².